The predicted molar refractivity (Wildman–Crippen MR) is 77.1 cm³/mol. The third-order valence-corrected chi connectivity index (χ3v) is 4.25. The van der Waals surface area contributed by atoms with E-state index in [2.05, 4.69) is 15.9 Å². The number of halogens is 1. The molecule has 19 heavy (non-hydrogen) atoms. The third kappa shape index (κ3) is 4.54. The number of ether oxygens (including phenoxy) is 3. The predicted octanol–water partition coefficient (Wildman–Crippen LogP) is 2.10. The van der Waals surface area contributed by atoms with E-state index in [9.17, 15) is 4.79 Å². The summed E-state index contributed by atoms with van der Waals surface area (Å²) in [5, 5.41) is 2.03. The number of methoxy groups -OCH3 is 3. The monoisotopic (exact) mass is 351 g/mol. The zero-order valence-electron chi connectivity index (χ0n) is 11.4. The van der Waals surface area contributed by atoms with E-state index in [1.807, 2.05) is 23.4 Å². The topological polar surface area (TPSA) is 48.0 Å². The van der Waals surface area contributed by atoms with E-state index >= 15 is 0 Å². The number of nitrogens with zero attached hydrogens (tertiary/aromatic N) is 1. The van der Waals surface area contributed by atoms with Gasteiger partial charge in [-0.2, -0.15) is 0 Å². The lowest BCUT2D eigenvalue weighted by Gasteiger charge is -2.30. The fourth-order valence-corrected chi connectivity index (χ4v) is 2.99. The van der Waals surface area contributed by atoms with Crippen molar-refractivity contribution in [2.75, 3.05) is 28.4 Å². The van der Waals surface area contributed by atoms with Crippen molar-refractivity contribution in [2.45, 2.75) is 18.9 Å². The summed E-state index contributed by atoms with van der Waals surface area (Å²) in [6, 6.07) is 1.41. The summed E-state index contributed by atoms with van der Waals surface area (Å²) in [7, 11) is 6.18. The molecule has 1 aromatic heterocycles. The number of carbonyl (C=O) groups excluding carboxylic acids is 1. The molecule has 1 atom stereocenters. The van der Waals surface area contributed by atoms with Crippen molar-refractivity contribution in [3.05, 3.63) is 20.8 Å². The van der Waals surface area contributed by atoms with Crippen molar-refractivity contribution in [2.24, 2.45) is 0 Å². The molecule has 0 aromatic carbocycles. The molecule has 0 N–H and O–H groups in total. The normalized spacial score (nSPS) is 13.0. The molecular formula is C12H18BrNO4S. The Kier molecular flexibility index (Phi) is 6.95. The van der Waals surface area contributed by atoms with Crippen LogP contribution in [0.25, 0.3) is 0 Å². The van der Waals surface area contributed by atoms with Crippen LogP contribution in [0.5, 0.6) is 0 Å². The van der Waals surface area contributed by atoms with E-state index in [1.165, 1.54) is 21.3 Å². The molecule has 0 aliphatic carbocycles. The molecule has 0 radical (unpaired) electrons. The Balaban J connectivity index is 2.81. The van der Waals surface area contributed by atoms with Gasteiger partial charge in [-0.15, -0.1) is 11.3 Å². The molecule has 5 nitrogen and oxygen atoms in total. The molecule has 0 amide bonds. The number of carbonyl (C=O) groups is 1. The zero-order valence-corrected chi connectivity index (χ0v) is 13.8. The minimum Gasteiger partial charge on any atom is -0.468 e. The maximum absolute atomic E-state index is 11.9. The molecular weight excluding hydrogens is 334 g/mol. The van der Waals surface area contributed by atoms with Crippen LogP contribution in [0.15, 0.2) is 15.2 Å². The van der Waals surface area contributed by atoms with Crippen molar-refractivity contribution in [3.8, 4) is 0 Å². The van der Waals surface area contributed by atoms with E-state index in [-0.39, 0.29) is 5.97 Å². The second-order valence-corrected chi connectivity index (χ2v) is 6.27. The Bertz CT molecular complexity index is 408. The van der Waals surface area contributed by atoms with Crippen LogP contribution in [0.4, 0.5) is 0 Å². The van der Waals surface area contributed by atoms with Crippen molar-refractivity contribution in [3.63, 3.8) is 0 Å². The largest absolute Gasteiger partial charge is 0.468 e. The fourth-order valence-electron chi connectivity index (χ4n) is 1.79. The molecule has 1 rings (SSSR count). The van der Waals surface area contributed by atoms with E-state index in [4.69, 9.17) is 14.2 Å². The highest BCUT2D eigenvalue weighted by Gasteiger charge is 2.33. The Morgan fingerprint density at radius 2 is 2.05 bits per heavy atom. The standard InChI is InChI=1S/C12H18BrNO4S/c1-14(6-8-5-9(13)19-7-8)10(11(15)16-2)12(17-3)18-4/h5,7,10,12H,6H2,1-4H3/t10-/m1/s1. The highest BCUT2D eigenvalue weighted by molar-refractivity contribution is 9.11. The van der Waals surface area contributed by atoms with Gasteiger partial charge in [0.1, 0.15) is 0 Å². The number of hydrogen-bond acceptors (Lipinski definition) is 6. The molecule has 0 fully saturated rings. The molecule has 0 unspecified atom stereocenters. The van der Waals surface area contributed by atoms with E-state index in [0.717, 1.165) is 9.35 Å². The first-order chi connectivity index (χ1) is 9.03. The van der Waals surface area contributed by atoms with E-state index in [1.54, 1.807) is 11.3 Å². The Labute approximate surface area is 125 Å². The number of thiophene rings is 1. The van der Waals surface area contributed by atoms with Gasteiger partial charge in [-0.3, -0.25) is 9.69 Å². The minimum atomic E-state index is -0.667. The summed E-state index contributed by atoms with van der Waals surface area (Å²) in [5.41, 5.74) is 1.11. The maximum Gasteiger partial charge on any atom is 0.328 e. The van der Waals surface area contributed by atoms with Crippen molar-refractivity contribution >= 4 is 33.2 Å². The molecule has 108 valence electrons. The van der Waals surface area contributed by atoms with Gasteiger partial charge in [0.2, 0.25) is 0 Å². The Morgan fingerprint density at radius 3 is 2.47 bits per heavy atom. The van der Waals surface area contributed by atoms with Gasteiger partial charge in [-0.05, 0) is 40.0 Å². The molecule has 0 aliphatic rings. The van der Waals surface area contributed by atoms with Crippen LogP contribution in [0.3, 0.4) is 0 Å². The lowest BCUT2D eigenvalue weighted by Crippen LogP contribution is -2.48. The molecule has 0 spiro atoms. The van der Waals surface area contributed by atoms with Crippen LogP contribution < -0.4 is 0 Å². The number of esters is 1. The summed E-state index contributed by atoms with van der Waals surface area (Å²) in [5.74, 6) is -0.384. The van der Waals surface area contributed by atoms with Crippen LogP contribution in [-0.4, -0.2) is 51.6 Å². The van der Waals surface area contributed by atoms with Crippen LogP contribution in [-0.2, 0) is 25.5 Å². The van der Waals surface area contributed by atoms with Crippen molar-refractivity contribution < 1.29 is 19.0 Å². The highest BCUT2D eigenvalue weighted by atomic mass is 79.9. The quantitative estimate of drug-likeness (QED) is 0.556. The van der Waals surface area contributed by atoms with Crippen LogP contribution in [0, 0.1) is 0 Å². The summed E-state index contributed by atoms with van der Waals surface area (Å²) in [6.45, 7) is 0.602. The molecule has 0 saturated carbocycles. The van der Waals surface area contributed by atoms with Crippen molar-refractivity contribution in [1.29, 1.82) is 0 Å². The van der Waals surface area contributed by atoms with Gasteiger partial charge < -0.3 is 14.2 Å². The SMILES string of the molecule is COC(=O)[C@H](C(OC)OC)N(C)Cc1csc(Br)c1. The minimum absolute atomic E-state index is 0.384. The first-order valence-corrected chi connectivity index (χ1v) is 7.27. The fraction of sp³-hybridized carbons (Fsp3) is 0.583. The van der Waals surface area contributed by atoms with Crippen LogP contribution in [0.1, 0.15) is 5.56 Å². The van der Waals surface area contributed by atoms with Gasteiger partial charge in [0, 0.05) is 20.8 Å². The molecule has 1 aromatic rings. The zero-order chi connectivity index (χ0) is 14.4. The lowest BCUT2D eigenvalue weighted by molar-refractivity contribution is -0.178. The van der Waals surface area contributed by atoms with E-state index < -0.39 is 12.3 Å². The van der Waals surface area contributed by atoms with Gasteiger partial charge in [0.25, 0.3) is 0 Å². The van der Waals surface area contributed by atoms with Gasteiger partial charge in [-0.25, -0.2) is 0 Å². The average Bonchev–Trinajstić information content (AvgIpc) is 2.80. The summed E-state index contributed by atoms with van der Waals surface area (Å²) in [6.07, 6.45) is -0.667. The number of rotatable bonds is 7. The Hall–Kier alpha value is -0.470. The van der Waals surface area contributed by atoms with Gasteiger partial charge in [-0.1, -0.05) is 0 Å². The van der Waals surface area contributed by atoms with Crippen LogP contribution in [0.2, 0.25) is 0 Å². The molecule has 7 heteroatoms. The number of hydrogen-bond donors (Lipinski definition) is 0. The lowest BCUT2D eigenvalue weighted by atomic mass is 10.2. The molecule has 1 heterocycles. The van der Waals surface area contributed by atoms with Crippen molar-refractivity contribution in [1.82, 2.24) is 4.90 Å². The van der Waals surface area contributed by atoms with Gasteiger partial charge in [0.15, 0.2) is 12.3 Å². The molecule has 0 saturated heterocycles. The van der Waals surface area contributed by atoms with Gasteiger partial charge >= 0.3 is 5.97 Å². The van der Waals surface area contributed by atoms with Crippen LogP contribution >= 0.6 is 27.3 Å². The molecule has 0 aliphatic heterocycles. The molecule has 0 bridgehead atoms. The second kappa shape index (κ2) is 7.96. The second-order valence-electron chi connectivity index (χ2n) is 3.98. The Morgan fingerprint density at radius 1 is 1.42 bits per heavy atom. The maximum atomic E-state index is 11.9. The summed E-state index contributed by atoms with van der Waals surface area (Å²) in [4.78, 5) is 13.7. The third-order valence-electron chi connectivity index (χ3n) is 2.69. The summed E-state index contributed by atoms with van der Waals surface area (Å²) >= 11 is 5.02. The number of likely N-dealkylation sites (N-methyl/N-ethyl adjacent to an activating group) is 1. The average molecular weight is 352 g/mol. The summed E-state index contributed by atoms with van der Waals surface area (Å²) < 4.78 is 16.2. The van der Waals surface area contributed by atoms with E-state index in [0.29, 0.717) is 6.54 Å². The first-order valence-electron chi connectivity index (χ1n) is 5.60. The highest BCUT2D eigenvalue weighted by Crippen LogP contribution is 2.22. The first kappa shape index (κ1) is 16.6. The van der Waals surface area contributed by atoms with Gasteiger partial charge in [0.05, 0.1) is 10.9 Å². The smallest absolute Gasteiger partial charge is 0.328 e.